The molecule has 0 aliphatic heterocycles. The molecule has 0 aliphatic rings. The summed E-state index contributed by atoms with van der Waals surface area (Å²) in [6.45, 7) is 4.09. The molecule has 0 bridgehead atoms. The number of hydrogen-bond donors (Lipinski definition) is 1. The van der Waals surface area contributed by atoms with Crippen LogP contribution in [0.15, 0.2) is 24.3 Å². The number of ether oxygens (including phenoxy) is 1. The average molecular weight is 262 g/mol. The Balaban J connectivity index is 2.41. The summed E-state index contributed by atoms with van der Waals surface area (Å²) in [6.07, 6.45) is 0.113. The van der Waals surface area contributed by atoms with Crippen LogP contribution in [0.4, 0.5) is 5.13 Å². The van der Waals surface area contributed by atoms with Gasteiger partial charge in [-0.15, -0.1) is 0 Å². The highest BCUT2D eigenvalue weighted by molar-refractivity contribution is 7.19. The molecule has 0 saturated heterocycles. The topological polar surface area (TPSA) is 34.2 Å². The maximum Gasteiger partial charge on any atom is 0.183 e. The highest BCUT2D eigenvalue weighted by Gasteiger charge is 2.11. The van der Waals surface area contributed by atoms with Crippen LogP contribution in [0, 0.1) is 6.92 Å². The zero-order chi connectivity index (χ0) is 13.1. The van der Waals surface area contributed by atoms with Gasteiger partial charge in [0.05, 0.1) is 16.7 Å². The van der Waals surface area contributed by atoms with Crippen LogP contribution in [-0.2, 0) is 4.74 Å². The first-order valence-corrected chi connectivity index (χ1v) is 6.75. The zero-order valence-corrected chi connectivity index (χ0v) is 12.0. The van der Waals surface area contributed by atoms with Crippen molar-refractivity contribution in [3.05, 3.63) is 35.5 Å². The van der Waals surface area contributed by atoms with Crippen molar-refractivity contribution in [1.29, 1.82) is 0 Å². The van der Waals surface area contributed by atoms with Crippen LogP contribution >= 0.6 is 11.3 Å². The summed E-state index contributed by atoms with van der Waals surface area (Å²) in [5, 5.41) is 4.04. The molecule has 0 unspecified atom stereocenters. The minimum absolute atomic E-state index is 0.113. The molecule has 2 rings (SSSR count). The fraction of sp³-hybridized carbons (Fsp3) is 0.357. The Morgan fingerprint density at radius 3 is 2.78 bits per heavy atom. The van der Waals surface area contributed by atoms with Crippen molar-refractivity contribution >= 4 is 16.5 Å². The van der Waals surface area contributed by atoms with Crippen molar-refractivity contribution in [3.8, 4) is 10.4 Å². The van der Waals surface area contributed by atoms with E-state index >= 15 is 0 Å². The monoisotopic (exact) mass is 262 g/mol. The van der Waals surface area contributed by atoms with E-state index in [1.54, 1.807) is 18.4 Å². The first-order chi connectivity index (χ1) is 8.65. The van der Waals surface area contributed by atoms with Gasteiger partial charge in [-0.2, -0.15) is 0 Å². The molecule has 0 saturated carbocycles. The van der Waals surface area contributed by atoms with Gasteiger partial charge in [0.25, 0.3) is 0 Å². The molecule has 4 heteroatoms. The van der Waals surface area contributed by atoms with Crippen molar-refractivity contribution in [2.24, 2.45) is 0 Å². The van der Waals surface area contributed by atoms with Crippen molar-refractivity contribution in [2.45, 2.75) is 20.0 Å². The molecule has 18 heavy (non-hydrogen) atoms. The van der Waals surface area contributed by atoms with Gasteiger partial charge in [-0.25, -0.2) is 4.98 Å². The van der Waals surface area contributed by atoms with E-state index in [-0.39, 0.29) is 6.10 Å². The third kappa shape index (κ3) is 2.54. The summed E-state index contributed by atoms with van der Waals surface area (Å²) < 4.78 is 5.36. The van der Waals surface area contributed by atoms with Crippen LogP contribution in [0.2, 0.25) is 0 Å². The van der Waals surface area contributed by atoms with E-state index in [0.717, 1.165) is 10.8 Å². The summed E-state index contributed by atoms with van der Waals surface area (Å²) in [7, 11) is 3.62. The summed E-state index contributed by atoms with van der Waals surface area (Å²) in [4.78, 5) is 5.69. The molecule has 0 spiro atoms. The van der Waals surface area contributed by atoms with Crippen LogP contribution in [-0.4, -0.2) is 19.1 Å². The van der Waals surface area contributed by atoms with Crippen LogP contribution < -0.4 is 5.32 Å². The summed E-state index contributed by atoms with van der Waals surface area (Å²) in [5.74, 6) is 0. The Bertz CT molecular complexity index is 536. The Hall–Kier alpha value is -1.39. The van der Waals surface area contributed by atoms with Gasteiger partial charge < -0.3 is 10.1 Å². The van der Waals surface area contributed by atoms with Gasteiger partial charge in [0.15, 0.2) is 5.13 Å². The number of hydrogen-bond acceptors (Lipinski definition) is 4. The molecular weight excluding hydrogens is 244 g/mol. The number of aryl methyl sites for hydroxylation is 1. The Morgan fingerprint density at radius 1 is 1.39 bits per heavy atom. The quantitative estimate of drug-likeness (QED) is 0.908. The number of methoxy groups -OCH3 is 1. The predicted octanol–water partition coefficient (Wildman–Crippen LogP) is 3.87. The van der Waals surface area contributed by atoms with Crippen LogP contribution in [0.3, 0.4) is 0 Å². The van der Waals surface area contributed by atoms with Crippen LogP contribution in [0.5, 0.6) is 0 Å². The summed E-state index contributed by atoms with van der Waals surface area (Å²) in [5.41, 5.74) is 3.45. The number of thiazole rings is 1. The molecular formula is C14H18N2OS. The van der Waals surface area contributed by atoms with Crippen LogP contribution in [0.25, 0.3) is 10.4 Å². The minimum atomic E-state index is 0.113. The smallest absolute Gasteiger partial charge is 0.183 e. The number of anilines is 1. The number of nitrogens with one attached hydrogen (secondary N) is 1. The summed E-state index contributed by atoms with van der Waals surface area (Å²) >= 11 is 1.68. The molecule has 0 aliphatic carbocycles. The van der Waals surface area contributed by atoms with Gasteiger partial charge in [-0.3, -0.25) is 0 Å². The molecule has 96 valence electrons. The highest BCUT2D eigenvalue weighted by atomic mass is 32.1. The lowest BCUT2D eigenvalue weighted by Gasteiger charge is -2.10. The van der Waals surface area contributed by atoms with E-state index in [1.807, 2.05) is 14.0 Å². The fourth-order valence-corrected chi connectivity index (χ4v) is 2.76. The minimum Gasteiger partial charge on any atom is -0.377 e. The molecule has 1 atom stereocenters. The Labute approximate surface area is 112 Å². The molecule has 1 N–H and O–H groups in total. The molecule has 2 aromatic rings. The van der Waals surface area contributed by atoms with Gasteiger partial charge in [-0.1, -0.05) is 29.5 Å². The van der Waals surface area contributed by atoms with Gasteiger partial charge in [0, 0.05) is 14.2 Å². The number of nitrogens with zero attached hydrogens (tertiary/aromatic N) is 1. The second kappa shape index (κ2) is 5.50. The normalized spacial score (nSPS) is 12.4. The second-order valence-electron chi connectivity index (χ2n) is 4.19. The fourth-order valence-electron chi connectivity index (χ4n) is 1.84. The number of rotatable bonds is 4. The lowest BCUT2D eigenvalue weighted by molar-refractivity contribution is 0.119. The third-order valence-corrected chi connectivity index (χ3v) is 4.21. The van der Waals surface area contributed by atoms with Gasteiger partial charge in [0.2, 0.25) is 0 Å². The van der Waals surface area contributed by atoms with E-state index in [9.17, 15) is 0 Å². The molecule has 1 heterocycles. The van der Waals surface area contributed by atoms with Gasteiger partial charge in [0.1, 0.15) is 0 Å². The van der Waals surface area contributed by atoms with E-state index in [0.29, 0.717) is 0 Å². The van der Waals surface area contributed by atoms with Crippen molar-refractivity contribution in [3.63, 3.8) is 0 Å². The first-order valence-electron chi connectivity index (χ1n) is 5.94. The maximum absolute atomic E-state index is 5.36. The maximum atomic E-state index is 5.36. The predicted molar refractivity (Wildman–Crippen MR) is 77.3 cm³/mol. The van der Waals surface area contributed by atoms with Crippen molar-refractivity contribution in [1.82, 2.24) is 4.98 Å². The summed E-state index contributed by atoms with van der Waals surface area (Å²) in [6, 6.07) is 8.45. The lowest BCUT2D eigenvalue weighted by atomic mass is 10.1. The van der Waals surface area contributed by atoms with Crippen LogP contribution in [0.1, 0.15) is 24.3 Å². The van der Waals surface area contributed by atoms with Crippen molar-refractivity contribution < 1.29 is 4.74 Å². The molecule has 0 fully saturated rings. The standard InChI is InChI=1S/C14H18N2OS/c1-9-13(18-14(15-3)16-9)12-7-5-6-11(8-12)10(2)17-4/h5-8,10H,1-4H3,(H,15,16)/t10-/m0/s1. The molecule has 3 nitrogen and oxygen atoms in total. The molecule has 1 aromatic heterocycles. The van der Waals surface area contributed by atoms with E-state index in [4.69, 9.17) is 4.74 Å². The van der Waals surface area contributed by atoms with Gasteiger partial charge >= 0.3 is 0 Å². The van der Waals surface area contributed by atoms with E-state index < -0.39 is 0 Å². The Kier molecular flexibility index (Phi) is 3.99. The van der Waals surface area contributed by atoms with E-state index in [1.165, 1.54) is 16.0 Å². The first kappa shape index (κ1) is 13.1. The molecule has 0 radical (unpaired) electrons. The molecule has 1 aromatic carbocycles. The number of aromatic nitrogens is 1. The SMILES string of the molecule is CNc1nc(C)c(-c2cccc([C@H](C)OC)c2)s1. The van der Waals surface area contributed by atoms with E-state index in [2.05, 4.69) is 41.5 Å². The largest absolute Gasteiger partial charge is 0.377 e. The highest BCUT2D eigenvalue weighted by Crippen LogP contribution is 2.33. The second-order valence-corrected chi connectivity index (χ2v) is 5.19. The zero-order valence-electron chi connectivity index (χ0n) is 11.2. The van der Waals surface area contributed by atoms with Gasteiger partial charge in [-0.05, 0) is 31.0 Å². The third-order valence-electron chi connectivity index (χ3n) is 2.98. The molecule has 0 amide bonds. The average Bonchev–Trinajstić information content (AvgIpc) is 2.79. The van der Waals surface area contributed by atoms with Crippen molar-refractivity contribution in [2.75, 3.05) is 19.5 Å². The number of benzene rings is 1. The Morgan fingerprint density at radius 2 is 2.17 bits per heavy atom. The lowest BCUT2D eigenvalue weighted by Crippen LogP contribution is -1.95.